The van der Waals surface area contributed by atoms with Gasteiger partial charge in [-0.05, 0) is 45.1 Å². The van der Waals surface area contributed by atoms with Gasteiger partial charge < -0.3 is 10.2 Å². The van der Waals surface area contributed by atoms with Crippen LogP contribution in [0.15, 0.2) is 18.3 Å². The maximum absolute atomic E-state index is 4.31. The number of rotatable bonds is 5. The third kappa shape index (κ3) is 3.43. The van der Waals surface area contributed by atoms with Crippen LogP contribution in [0.25, 0.3) is 0 Å². The Morgan fingerprint density at radius 3 is 3.00 bits per heavy atom. The minimum atomic E-state index is 0.708. The Kier molecular flexibility index (Phi) is 4.55. The topological polar surface area (TPSA) is 31.4 Å². The van der Waals surface area contributed by atoms with E-state index >= 15 is 0 Å². The predicted molar refractivity (Wildman–Crippen MR) is 75.8 cm³/mol. The van der Waals surface area contributed by atoms with E-state index in [2.05, 4.69) is 53.3 Å². The van der Waals surface area contributed by atoms with Crippen LogP contribution in [-0.2, 0) is 6.54 Å². The summed E-state index contributed by atoms with van der Waals surface area (Å²) in [6.45, 7) is 6.41. The fourth-order valence-electron chi connectivity index (χ4n) is 2.49. The van der Waals surface area contributed by atoms with Crippen molar-refractivity contribution in [3.05, 3.63) is 23.9 Å². The highest BCUT2D eigenvalue weighted by Crippen LogP contribution is 2.17. The van der Waals surface area contributed by atoms with E-state index in [0.29, 0.717) is 6.04 Å². The lowest BCUT2D eigenvalue weighted by Gasteiger charge is -2.20. The van der Waals surface area contributed by atoms with E-state index in [1.807, 2.05) is 6.20 Å². The molecule has 1 unspecified atom stereocenters. The highest BCUT2D eigenvalue weighted by atomic mass is 15.2. The molecule has 1 atom stereocenters. The van der Waals surface area contributed by atoms with Gasteiger partial charge in [0.15, 0.2) is 0 Å². The van der Waals surface area contributed by atoms with Crippen molar-refractivity contribution in [2.24, 2.45) is 0 Å². The summed E-state index contributed by atoms with van der Waals surface area (Å²) in [5.41, 5.74) is 1.35. The average molecular weight is 248 g/mol. The summed E-state index contributed by atoms with van der Waals surface area (Å²) in [6.07, 6.45) is 3.17. The first-order valence-corrected chi connectivity index (χ1v) is 6.76. The van der Waals surface area contributed by atoms with Crippen molar-refractivity contribution < 1.29 is 0 Å². The SMILES string of the molecule is CCNc1cc(CN2CCC(N(C)C)C2)ccn1. The summed E-state index contributed by atoms with van der Waals surface area (Å²) < 4.78 is 0. The molecule has 1 saturated heterocycles. The number of aromatic nitrogens is 1. The zero-order valence-electron chi connectivity index (χ0n) is 11.7. The average Bonchev–Trinajstić information content (AvgIpc) is 2.78. The quantitative estimate of drug-likeness (QED) is 0.858. The molecular weight excluding hydrogens is 224 g/mol. The molecule has 1 aromatic heterocycles. The van der Waals surface area contributed by atoms with Crippen LogP contribution in [-0.4, -0.2) is 54.6 Å². The summed E-state index contributed by atoms with van der Waals surface area (Å²) in [5.74, 6) is 0.985. The highest BCUT2D eigenvalue weighted by molar-refractivity contribution is 5.37. The molecule has 0 bridgehead atoms. The number of likely N-dealkylation sites (tertiary alicyclic amines) is 1. The first-order chi connectivity index (χ1) is 8.69. The summed E-state index contributed by atoms with van der Waals surface area (Å²) in [6, 6.07) is 4.98. The zero-order chi connectivity index (χ0) is 13.0. The van der Waals surface area contributed by atoms with Crippen molar-refractivity contribution in [3.8, 4) is 0 Å². The summed E-state index contributed by atoms with van der Waals surface area (Å²) in [7, 11) is 4.34. The standard InChI is InChI=1S/C14H24N4/c1-4-15-14-9-12(5-7-16-14)10-18-8-6-13(11-18)17(2)3/h5,7,9,13H,4,6,8,10-11H2,1-3H3,(H,15,16). The van der Waals surface area contributed by atoms with Crippen molar-refractivity contribution in [2.45, 2.75) is 25.9 Å². The zero-order valence-corrected chi connectivity index (χ0v) is 11.7. The number of nitrogens with one attached hydrogen (secondary N) is 1. The van der Waals surface area contributed by atoms with Crippen molar-refractivity contribution in [3.63, 3.8) is 0 Å². The molecule has 2 rings (SSSR count). The minimum Gasteiger partial charge on any atom is -0.370 e. The van der Waals surface area contributed by atoms with Crippen molar-refractivity contribution in [1.29, 1.82) is 0 Å². The van der Waals surface area contributed by atoms with E-state index in [1.54, 1.807) is 0 Å². The van der Waals surface area contributed by atoms with Crippen LogP contribution < -0.4 is 5.32 Å². The van der Waals surface area contributed by atoms with Gasteiger partial charge in [0.25, 0.3) is 0 Å². The minimum absolute atomic E-state index is 0.708. The fourth-order valence-corrected chi connectivity index (χ4v) is 2.49. The maximum Gasteiger partial charge on any atom is 0.126 e. The van der Waals surface area contributed by atoms with Gasteiger partial charge in [0, 0.05) is 38.4 Å². The molecule has 100 valence electrons. The van der Waals surface area contributed by atoms with Crippen molar-refractivity contribution in [1.82, 2.24) is 14.8 Å². The molecular formula is C14H24N4. The first kappa shape index (κ1) is 13.3. The molecule has 0 saturated carbocycles. The van der Waals surface area contributed by atoms with E-state index in [0.717, 1.165) is 18.9 Å². The Morgan fingerprint density at radius 2 is 2.33 bits per heavy atom. The van der Waals surface area contributed by atoms with E-state index in [9.17, 15) is 0 Å². The number of pyridine rings is 1. The lowest BCUT2D eigenvalue weighted by molar-refractivity contribution is 0.264. The molecule has 1 fully saturated rings. The van der Waals surface area contributed by atoms with Crippen LogP contribution in [0.5, 0.6) is 0 Å². The molecule has 2 heterocycles. The molecule has 0 spiro atoms. The molecule has 1 N–H and O–H groups in total. The second-order valence-corrected chi connectivity index (χ2v) is 5.22. The van der Waals surface area contributed by atoms with E-state index < -0.39 is 0 Å². The van der Waals surface area contributed by atoms with Gasteiger partial charge >= 0.3 is 0 Å². The molecule has 0 radical (unpaired) electrons. The van der Waals surface area contributed by atoms with Gasteiger partial charge in [-0.3, -0.25) is 4.90 Å². The Balaban J connectivity index is 1.92. The van der Waals surface area contributed by atoms with Crippen molar-refractivity contribution >= 4 is 5.82 Å². The number of hydrogen-bond acceptors (Lipinski definition) is 4. The predicted octanol–water partition coefficient (Wildman–Crippen LogP) is 1.65. The first-order valence-electron chi connectivity index (χ1n) is 6.76. The molecule has 1 aliphatic heterocycles. The van der Waals surface area contributed by atoms with Crippen molar-refractivity contribution in [2.75, 3.05) is 39.0 Å². The number of nitrogens with zero attached hydrogens (tertiary/aromatic N) is 3. The molecule has 1 aliphatic rings. The van der Waals surface area contributed by atoms with Gasteiger partial charge in [0.1, 0.15) is 5.82 Å². The molecule has 0 aromatic carbocycles. The Hall–Kier alpha value is -1.13. The highest BCUT2D eigenvalue weighted by Gasteiger charge is 2.23. The summed E-state index contributed by atoms with van der Waals surface area (Å²) in [4.78, 5) is 9.16. The number of hydrogen-bond donors (Lipinski definition) is 1. The van der Waals surface area contributed by atoms with Gasteiger partial charge in [-0.15, -0.1) is 0 Å². The van der Waals surface area contributed by atoms with Crippen LogP contribution in [0.4, 0.5) is 5.82 Å². The molecule has 4 nitrogen and oxygen atoms in total. The fraction of sp³-hybridized carbons (Fsp3) is 0.643. The Morgan fingerprint density at radius 1 is 1.50 bits per heavy atom. The molecule has 4 heteroatoms. The Bertz CT molecular complexity index is 378. The monoisotopic (exact) mass is 248 g/mol. The summed E-state index contributed by atoms with van der Waals surface area (Å²) >= 11 is 0. The lowest BCUT2D eigenvalue weighted by Crippen LogP contribution is -2.31. The molecule has 18 heavy (non-hydrogen) atoms. The van der Waals surface area contributed by atoms with E-state index in [-0.39, 0.29) is 0 Å². The third-order valence-electron chi connectivity index (χ3n) is 3.57. The van der Waals surface area contributed by atoms with Crippen LogP contribution in [0.3, 0.4) is 0 Å². The van der Waals surface area contributed by atoms with Crippen LogP contribution in [0.1, 0.15) is 18.9 Å². The van der Waals surface area contributed by atoms with Crippen LogP contribution in [0, 0.1) is 0 Å². The van der Waals surface area contributed by atoms with Crippen LogP contribution in [0.2, 0.25) is 0 Å². The van der Waals surface area contributed by atoms with Gasteiger partial charge in [-0.1, -0.05) is 0 Å². The number of anilines is 1. The number of likely N-dealkylation sites (N-methyl/N-ethyl adjacent to an activating group) is 1. The lowest BCUT2D eigenvalue weighted by atomic mass is 10.2. The molecule has 1 aromatic rings. The Labute approximate surface area is 110 Å². The van der Waals surface area contributed by atoms with Gasteiger partial charge in [-0.2, -0.15) is 0 Å². The largest absolute Gasteiger partial charge is 0.370 e. The second-order valence-electron chi connectivity index (χ2n) is 5.22. The van der Waals surface area contributed by atoms with Gasteiger partial charge in [0.2, 0.25) is 0 Å². The molecule has 0 aliphatic carbocycles. The third-order valence-corrected chi connectivity index (χ3v) is 3.57. The maximum atomic E-state index is 4.31. The normalized spacial score (nSPS) is 20.6. The second kappa shape index (κ2) is 6.16. The van der Waals surface area contributed by atoms with Crippen LogP contribution >= 0.6 is 0 Å². The molecule has 0 amide bonds. The van der Waals surface area contributed by atoms with Gasteiger partial charge in [-0.25, -0.2) is 4.98 Å². The smallest absolute Gasteiger partial charge is 0.126 e. The van der Waals surface area contributed by atoms with E-state index in [4.69, 9.17) is 0 Å². The van der Waals surface area contributed by atoms with E-state index in [1.165, 1.54) is 25.1 Å². The summed E-state index contributed by atoms with van der Waals surface area (Å²) in [5, 5.41) is 3.26. The van der Waals surface area contributed by atoms with Gasteiger partial charge in [0.05, 0.1) is 0 Å².